The highest BCUT2D eigenvalue weighted by molar-refractivity contribution is 5.82. The number of hydrogen-bond acceptors (Lipinski definition) is 8. The van der Waals surface area contributed by atoms with Crippen LogP contribution in [0.1, 0.15) is 49.5 Å². The smallest absolute Gasteiger partial charge is 0.311 e. The lowest BCUT2D eigenvalue weighted by Crippen LogP contribution is -2.07. The zero-order valence-electron chi connectivity index (χ0n) is 17.5. The Kier molecular flexibility index (Phi) is 4.97. The molecule has 5 rings (SSSR count). The molecule has 0 aliphatic heterocycles. The van der Waals surface area contributed by atoms with Crippen molar-refractivity contribution in [2.75, 3.05) is 14.2 Å². The zero-order chi connectivity index (χ0) is 21.4. The van der Waals surface area contributed by atoms with Crippen molar-refractivity contribution in [1.29, 1.82) is 0 Å². The third-order valence-electron chi connectivity index (χ3n) is 5.78. The Morgan fingerprint density at radius 2 is 1.84 bits per heavy atom. The van der Waals surface area contributed by atoms with Gasteiger partial charge in [0, 0.05) is 5.92 Å². The van der Waals surface area contributed by atoms with Gasteiger partial charge in [0.2, 0.25) is 0 Å². The maximum absolute atomic E-state index is 12.0. The average molecular weight is 421 g/mol. The minimum absolute atomic E-state index is 0.0134. The summed E-state index contributed by atoms with van der Waals surface area (Å²) in [6.07, 6.45) is 5.79. The van der Waals surface area contributed by atoms with E-state index in [0.717, 1.165) is 30.1 Å². The van der Waals surface area contributed by atoms with Gasteiger partial charge in [0.05, 0.1) is 26.3 Å². The Morgan fingerprint density at radius 1 is 1.06 bits per heavy atom. The van der Waals surface area contributed by atoms with E-state index in [-0.39, 0.29) is 6.42 Å². The number of carbonyl (C=O) groups is 1. The van der Waals surface area contributed by atoms with Crippen LogP contribution in [0.4, 0.5) is 0 Å². The maximum atomic E-state index is 12.0. The van der Waals surface area contributed by atoms with Crippen LogP contribution < -0.4 is 4.74 Å². The van der Waals surface area contributed by atoms with Crippen molar-refractivity contribution in [3.63, 3.8) is 0 Å². The highest BCUT2D eigenvalue weighted by Gasteiger charge is 2.24. The van der Waals surface area contributed by atoms with Gasteiger partial charge < -0.3 is 9.47 Å². The number of methoxy groups -OCH3 is 2. The Hall–Kier alpha value is -3.56. The third-order valence-corrected chi connectivity index (χ3v) is 5.78. The summed E-state index contributed by atoms with van der Waals surface area (Å²) in [6.45, 7) is 0. The fourth-order valence-corrected chi connectivity index (χ4v) is 4.12. The number of hydrogen-bond donors (Lipinski definition) is 0. The van der Waals surface area contributed by atoms with E-state index in [1.807, 2.05) is 24.3 Å². The van der Waals surface area contributed by atoms with E-state index in [1.165, 1.54) is 26.4 Å². The maximum Gasteiger partial charge on any atom is 0.311 e. The average Bonchev–Trinajstić information content (AvgIpc) is 3.41. The SMILES string of the molecule is COC(=O)Cc1nn(-c2ccc(OC)cc2)c2c1nnc1nc(C3CCCCC3)nn12. The highest BCUT2D eigenvalue weighted by atomic mass is 16.5. The molecule has 1 saturated carbocycles. The van der Waals surface area contributed by atoms with E-state index in [0.29, 0.717) is 28.6 Å². The van der Waals surface area contributed by atoms with Crippen molar-refractivity contribution in [1.82, 2.24) is 34.6 Å². The van der Waals surface area contributed by atoms with Gasteiger partial charge in [-0.15, -0.1) is 15.3 Å². The number of benzene rings is 1. The molecule has 0 atom stereocenters. The summed E-state index contributed by atoms with van der Waals surface area (Å²) in [7, 11) is 2.97. The molecule has 1 aliphatic carbocycles. The van der Waals surface area contributed by atoms with E-state index in [2.05, 4.69) is 20.3 Å². The van der Waals surface area contributed by atoms with Crippen molar-refractivity contribution >= 4 is 22.9 Å². The van der Waals surface area contributed by atoms with Gasteiger partial charge in [-0.25, -0.2) is 4.68 Å². The lowest BCUT2D eigenvalue weighted by molar-refractivity contribution is -0.139. The molecular formula is C21H23N7O3. The van der Waals surface area contributed by atoms with Crippen LogP contribution in [0, 0.1) is 0 Å². The van der Waals surface area contributed by atoms with Crippen molar-refractivity contribution in [2.24, 2.45) is 0 Å². The van der Waals surface area contributed by atoms with Crippen LogP contribution in [-0.4, -0.2) is 54.8 Å². The first-order valence-electron chi connectivity index (χ1n) is 10.4. The van der Waals surface area contributed by atoms with E-state index < -0.39 is 5.97 Å². The van der Waals surface area contributed by atoms with Crippen molar-refractivity contribution < 1.29 is 14.3 Å². The van der Waals surface area contributed by atoms with E-state index in [4.69, 9.17) is 14.6 Å². The van der Waals surface area contributed by atoms with Crippen molar-refractivity contribution in [3.05, 3.63) is 35.8 Å². The van der Waals surface area contributed by atoms with Gasteiger partial charge in [-0.1, -0.05) is 19.3 Å². The Balaban J connectivity index is 1.70. The molecule has 0 amide bonds. The standard InChI is InChI=1S/C21H23N7O3/c1-30-15-10-8-14(9-11-15)27-20-18(16(25-27)12-17(29)31-2)23-24-21-22-19(26-28(20)21)13-6-4-3-5-7-13/h8-11,13H,3-7,12H2,1-2H3. The first kappa shape index (κ1) is 19.4. The zero-order valence-corrected chi connectivity index (χ0v) is 17.5. The molecule has 0 N–H and O–H groups in total. The van der Waals surface area contributed by atoms with Gasteiger partial charge in [0.1, 0.15) is 11.4 Å². The van der Waals surface area contributed by atoms with Crippen molar-refractivity contribution in [2.45, 2.75) is 44.4 Å². The second-order valence-electron chi connectivity index (χ2n) is 7.70. The van der Waals surface area contributed by atoms with Gasteiger partial charge in [0.15, 0.2) is 17.0 Å². The molecular weight excluding hydrogens is 398 g/mol. The lowest BCUT2D eigenvalue weighted by Gasteiger charge is -2.17. The van der Waals surface area contributed by atoms with Gasteiger partial charge in [-0.3, -0.25) is 4.79 Å². The highest BCUT2D eigenvalue weighted by Crippen LogP contribution is 2.31. The number of rotatable bonds is 5. The van der Waals surface area contributed by atoms with Crippen molar-refractivity contribution in [3.8, 4) is 11.4 Å². The number of fused-ring (bicyclic) bond motifs is 3. The lowest BCUT2D eigenvalue weighted by atomic mass is 9.89. The summed E-state index contributed by atoms with van der Waals surface area (Å²) in [5, 5.41) is 18.1. The topological polar surface area (TPSA) is 109 Å². The number of carbonyl (C=O) groups excluding carboxylic acids is 1. The summed E-state index contributed by atoms with van der Waals surface area (Å²) >= 11 is 0. The van der Waals surface area contributed by atoms with Gasteiger partial charge in [-0.2, -0.15) is 14.6 Å². The normalized spacial score (nSPS) is 14.9. The molecule has 3 aromatic heterocycles. The van der Waals surface area contributed by atoms with Crippen LogP contribution in [0.25, 0.3) is 22.6 Å². The fourth-order valence-electron chi connectivity index (χ4n) is 4.12. The molecule has 0 spiro atoms. The van der Waals surface area contributed by atoms with Crippen LogP contribution in [0.5, 0.6) is 5.75 Å². The number of ether oxygens (including phenoxy) is 2. The molecule has 1 aliphatic rings. The van der Waals surface area contributed by atoms with Crippen LogP contribution in [0.3, 0.4) is 0 Å². The number of aromatic nitrogens is 7. The molecule has 10 nitrogen and oxygen atoms in total. The van der Waals surface area contributed by atoms with E-state index >= 15 is 0 Å². The van der Waals surface area contributed by atoms with Crippen LogP contribution in [-0.2, 0) is 16.0 Å². The van der Waals surface area contributed by atoms with Crippen LogP contribution in [0.15, 0.2) is 24.3 Å². The first-order chi connectivity index (χ1) is 15.2. The molecule has 160 valence electrons. The largest absolute Gasteiger partial charge is 0.497 e. The monoisotopic (exact) mass is 421 g/mol. The van der Waals surface area contributed by atoms with Gasteiger partial charge >= 0.3 is 5.97 Å². The molecule has 0 bridgehead atoms. The minimum Gasteiger partial charge on any atom is -0.497 e. The number of esters is 1. The first-order valence-corrected chi connectivity index (χ1v) is 10.4. The van der Waals surface area contributed by atoms with Gasteiger partial charge in [-0.05, 0) is 37.1 Å². The molecule has 0 saturated heterocycles. The quantitative estimate of drug-likeness (QED) is 0.452. The summed E-state index contributed by atoms with van der Waals surface area (Å²) in [4.78, 5) is 16.6. The molecule has 0 unspecified atom stereocenters. The van der Waals surface area contributed by atoms with Gasteiger partial charge in [0.25, 0.3) is 5.78 Å². The summed E-state index contributed by atoms with van der Waals surface area (Å²) in [5.74, 6) is 1.88. The molecule has 0 radical (unpaired) electrons. The second kappa shape index (κ2) is 7.93. The van der Waals surface area contributed by atoms with E-state index in [9.17, 15) is 4.79 Å². The predicted octanol–water partition coefficient (Wildman–Crippen LogP) is 2.63. The van der Waals surface area contributed by atoms with Crippen LogP contribution >= 0.6 is 0 Å². The Labute approximate surface area is 178 Å². The minimum atomic E-state index is -0.398. The number of nitrogens with zero attached hydrogens (tertiary/aromatic N) is 7. The third kappa shape index (κ3) is 3.47. The summed E-state index contributed by atoms with van der Waals surface area (Å²) in [6, 6.07) is 7.48. The van der Waals surface area contributed by atoms with Crippen LogP contribution in [0.2, 0.25) is 0 Å². The Bertz CT molecular complexity index is 1240. The molecule has 4 aromatic rings. The molecule has 31 heavy (non-hydrogen) atoms. The molecule has 1 fully saturated rings. The second-order valence-corrected chi connectivity index (χ2v) is 7.70. The molecule has 1 aromatic carbocycles. The van der Waals surface area contributed by atoms with E-state index in [1.54, 1.807) is 16.3 Å². The summed E-state index contributed by atoms with van der Waals surface area (Å²) < 4.78 is 13.5. The predicted molar refractivity (Wildman–Crippen MR) is 111 cm³/mol. The molecule has 10 heteroatoms. The molecule has 3 heterocycles. The fraction of sp³-hybridized carbons (Fsp3) is 0.429. The Morgan fingerprint density at radius 3 is 2.55 bits per heavy atom. The summed E-state index contributed by atoms with van der Waals surface area (Å²) in [5.41, 5.74) is 2.37.